The molecule has 44 heavy (non-hydrogen) atoms. The zero-order valence-electron chi connectivity index (χ0n) is 29.3. The third kappa shape index (κ3) is 7.62. The van der Waals surface area contributed by atoms with Gasteiger partial charge >= 0.3 is 5.97 Å². The number of carbonyl (C=O) groups is 2. The Labute approximate surface area is 266 Å². The van der Waals surface area contributed by atoms with E-state index in [1.165, 1.54) is 22.3 Å². The molecule has 4 nitrogen and oxygen atoms in total. The van der Waals surface area contributed by atoms with Gasteiger partial charge in [0.25, 0.3) is 0 Å². The predicted molar refractivity (Wildman–Crippen MR) is 183 cm³/mol. The Hall–Kier alpha value is -3.40. The lowest BCUT2D eigenvalue weighted by atomic mass is 9.71. The molecular weight excluding hydrogens is 544 g/mol. The van der Waals surface area contributed by atoms with Crippen molar-refractivity contribution in [2.75, 3.05) is 0 Å². The maximum atomic E-state index is 13.3. The molecule has 3 aromatic carbocycles. The molecule has 3 aromatic rings. The van der Waals surface area contributed by atoms with Gasteiger partial charge in [-0.3, -0.25) is 4.79 Å². The molecule has 0 atom stereocenters. The normalized spacial score (nSPS) is 12.3. The monoisotopic (exact) mass is 598 g/mol. The van der Waals surface area contributed by atoms with Gasteiger partial charge in [-0.1, -0.05) is 73.4 Å². The number of unbranched alkanes of at least 4 members (excludes halogenated alkanes) is 1. The number of carbonyl (C=O) groups excluding carboxylic acids is 2. The van der Waals surface area contributed by atoms with Crippen LogP contribution in [0.1, 0.15) is 142 Å². The third-order valence-corrected chi connectivity index (χ3v) is 9.46. The highest BCUT2D eigenvalue weighted by atomic mass is 16.5. The largest absolute Gasteiger partial charge is 0.488 e. The van der Waals surface area contributed by atoms with Crippen molar-refractivity contribution in [2.45, 2.75) is 126 Å². The van der Waals surface area contributed by atoms with Crippen LogP contribution in [-0.4, -0.2) is 17.4 Å². The van der Waals surface area contributed by atoms with Crippen molar-refractivity contribution in [3.05, 3.63) is 93.0 Å². The predicted octanol–water partition coefficient (Wildman–Crippen LogP) is 10.8. The van der Waals surface area contributed by atoms with Gasteiger partial charge in [-0.15, -0.1) is 0 Å². The number of aryl methyl sites for hydroxylation is 4. The van der Waals surface area contributed by atoms with Gasteiger partial charge in [-0.05, 0) is 124 Å². The van der Waals surface area contributed by atoms with E-state index in [-0.39, 0.29) is 16.8 Å². The van der Waals surface area contributed by atoms with E-state index in [9.17, 15) is 9.59 Å². The van der Waals surface area contributed by atoms with E-state index in [0.717, 1.165) is 49.0 Å². The topological polar surface area (TPSA) is 52.6 Å². The van der Waals surface area contributed by atoms with Crippen molar-refractivity contribution in [2.24, 2.45) is 5.41 Å². The second-order valence-electron chi connectivity index (χ2n) is 14.0. The summed E-state index contributed by atoms with van der Waals surface area (Å²) < 4.78 is 12.3. The zero-order valence-corrected chi connectivity index (χ0v) is 29.3. The van der Waals surface area contributed by atoms with Crippen molar-refractivity contribution in [1.29, 1.82) is 0 Å². The summed E-state index contributed by atoms with van der Waals surface area (Å²) in [5, 5.41) is 0. The van der Waals surface area contributed by atoms with E-state index in [1.807, 2.05) is 26.0 Å². The van der Waals surface area contributed by atoms with Crippen molar-refractivity contribution in [3.8, 4) is 11.5 Å². The zero-order chi connectivity index (χ0) is 33.0. The summed E-state index contributed by atoms with van der Waals surface area (Å²) in [5.74, 6) is 0.996. The van der Waals surface area contributed by atoms with Gasteiger partial charge in [0.1, 0.15) is 17.1 Å². The van der Waals surface area contributed by atoms with E-state index >= 15 is 0 Å². The Morgan fingerprint density at radius 3 is 1.64 bits per heavy atom. The van der Waals surface area contributed by atoms with Crippen LogP contribution in [0, 0.1) is 33.1 Å². The molecule has 3 rings (SSSR count). The van der Waals surface area contributed by atoms with Gasteiger partial charge in [0.05, 0.1) is 5.56 Å². The number of esters is 1. The molecule has 0 aliphatic rings. The Balaban J connectivity index is 1.89. The van der Waals surface area contributed by atoms with Crippen LogP contribution in [0.25, 0.3) is 0 Å². The van der Waals surface area contributed by atoms with Crippen LogP contribution >= 0.6 is 0 Å². The van der Waals surface area contributed by atoms with Crippen molar-refractivity contribution < 1.29 is 19.1 Å². The first-order chi connectivity index (χ1) is 20.5. The Morgan fingerprint density at radius 1 is 0.682 bits per heavy atom. The second kappa shape index (κ2) is 13.7. The number of hydrogen-bond acceptors (Lipinski definition) is 4. The molecule has 0 saturated carbocycles. The highest BCUT2D eigenvalue weighted by Crippen LogP contribution is 2.42. The van der Waals surface area contributed by atoms with Crippen LogP contribution < -0.4 is 9.47 Å². The maximum Gasteiger partial charge on any atom is 0.343 e. The van der Waals surface area contributed by atoms with Crippen molar-refractivity contribution >= 4 is 11.8 Å². The fourth-order valence-corrected chi connectivity index (χ4v) is 6.82. The van der Waals surface area contributed by atoms with Crippen LogP contribution in [0.5, 0.6) is 11.5 Å². The molecule has 0 bridgehead atoms. The minimum atomic E-state index is -0.481. The molecule has 0 unspecified atom stereocenters. The van der Waals surface area contributed by atoms with E-state index in [2.05, 4.69) is 81.4 Å². The Kier molecular flexibility index (Phi) is 10.9. The molecule has 0 N–H and O–H groups in total. The fourth-order valence-electron chi connectivity index (χ4n) is 6.82. The second-order valence-corrected chi connectivity index (χ2v) is 14.0. The van der Waals surface area contributed by atoms with E-state index < -0.39 is 11.4 Å². The van der Waals surface area contributed by atoms with Gasteiger partial charge in [0.15, 0.2) is 5.78 Å². The number of hydrogen-bond donors (Lipinski definition) is 0. The van der Waals surface area contributed by atoms with Gasteiger partial charge in [0.2, 0.25) is 0 Å². The van der Waals surface area contributed by atoms with E-state index in [0.29, 0.717) is 16.9 Å². The van der Waals surface area contributed by atoms with Gasteiger partial charge < -0.3 is 9.47 Å². The molecule has 0 spiro atoms. The average molecular weight is 599 g/mol. The minimum Gasteiger partial charge on any atom is -0.488 e. The number of benzene rings is 3. The van der Waals surface area contributed by atoms with E-state index in [1.54, 1.807) is 24.3 Å². The van der Waals surface area contributed by atoms with Crippen LogP contribution in [0.2, 0.25) is 0 Å². The molecular formula is C40H54O4. The molecule has 0 aromatic heterocycles. The third-order valence-electron chi connectivity index (χ3n) is 9.46. The standard InChI is InChI=1S/C40H54O4/c1-13-16-20-38(8,9)36(41)30-18-17-19-31(25-30)37(42)43-32-21-26(4)34(27(5)22-32)39(10,11)35-28(6)23-33(24-29(35)7)44-40(12,14-2)15-3/h17-19,21-25H,13-16,20H2,1-12H3. The fraction of sp³-hybridized carbons (Fsp3) is 0.500. The molecule has 4 heteroatoms. The summed E-state index contributed by atoms with van der Waals surface area (Å²) in [6, 6.07) is 15.1. The molecule has 238 valence electrons. The summed E-state index contributed by atoms with van der Waals surface area (Å²) in [5.41, 5.74) is 6.96. The molecule has 0 aliphatic carbocycles. The molecule has 0 saturated heterocycles. The van der Waals surface area contributed by atoms with Crippen LogP contribution in [0.15, 0.2) is 48.5 Å². The highest BCUT2D eigenvalue weighted by molar-refractivity contribution is 6.02. The Morgan fingerprint density at radius 2 is 1.16 bits per heavy atom. The van der Waals surface area contributed by atoms with Crippen LogP contribution in [-0.2, 0) is 5.41 Å². The number of Topliss-reactive ketones (excluding diaryl/α,β-unsaturated/α-hetero) is 1. The number of ketones is 1. The van der Waals surface area contributed by atoms with E-state index in [4.69, 9.17) is 9.47 Å². The van der Waals surface area contributed by atoms with Crippen LogP contribution in [0.4, 0.5) is 0 Å². The number of rotatable bonds is 13. The first kappa shape index (κ1) is 35.1. The lowest BCUT2D eigenvalue weighted by Gasteiger charge is -2.34. The van der Waals surface area contributed by atoms with Gasteiger partial charge in [0, 0.05) is 16.4 Å². The summed E-state index contributed by atoms with van der Waals surface area (Å²) in [4.78, 5) is 26.5. The smallest absolute Gasteiger partial charge is 0.343 e. The average Bonchev–Trinajstić information content (AvgIpc) is 2.94. The molecule has 0 radical (unpaired) electrons. The maximum absolute atomic E-state index is 13.3. The summed E-state index contributed by atoms with van der Waals surface area (Å²) >= 11 is 0. The molecule has 0 amide bonds. The van der Waals surface area contributed by atoms with Gasteiger partial charge in [-0.2, -0.15) is 0 Å². The summed E-state index contributed by atoms with van der Waals surface area (Å²) in [7, 11) is 0. The Bertz CT molecular complexity index is 1460. The molecule has 0 heterocycles. The SMILES string of the molecule is CCCCC(C)(C)C(=O)c1cccc(C(=O)Oc2cc(C)c(C(C)(C)c3c(C)cc(OC(C)(CC)CC)cc3C)c(C)c2)c1. The van der Waals surface area contributed by atoms with Gasteiger partial charge in [-0.25, -0.2) is 4.79 Å². The van der Waals surface area contributed by atoms with Crippen molar-refractivity contribution in [3.63, 3.8) is 0 Å². The minimum absolute atomic E-state index is 0.0498. The lowest BCUT2D eigenvalue weighted by Crippen LogP contribution is -2.30. The van der Waals surface area contributed by atoms with Crippen LogP contribution in [0.3, 0.4) is 0 Å². The molecule has 0 fully saturated rings. The lowest BCUT2D eigenvalue weighted by molar-refractivity contribution is 0.0734. The first-order valence-corrected chi connectivity index (χ1v) is 16.3. The number of ether oxygens (including phenoxy) is 2. The summed E-state index contributed by atoms with van der Waals surface area (Å²) in [6.07, 6.45) is 4.74. The quantitative estimate of drug-likeness (QED) is 0.112. The summed E-state index contributed by atoms with van der Waals surface area (Å²) in [6.45, 7) is 25.6. The molecule has 0 aliphatic heterocycles. The first-order valence-electron chi connectivity index (χ1n) is 16.3. The highest BCUT2D eigenvalue weighted by Gasteiger charge is 2.32. The van der Waals surface area contributed by atoms with Crippen molar-refractivity contribution in [1.82, 2.24) is 0 Å².